The third-order valence-corrected chi connectivity index (χ3v) is 8.49. The van der Waals surface area contributed by atoms with Gasteiger partial charge in [-0.3, -0.25) is 9.59 Å². The number of likely N-dealkylation sites (N-methyl/N-ethyl adjacent to an activating group) is 1. The van der Waals surface area contributed by atoms with Gasteiger partial charge in [0.1, 0.15) is 11.9 Å². The molecule has 0 aliphatic carbocycles. The van der Waals surface area contributed by atoms with Gasteiger partial charge < -0.3 is 10.2 Å². The Morgan fingerprint density at radius 3 is 2.15 bits per heavy atom. The van der Waals surface area contributed by atoms with E-state index in [4.69, 9.17) is 11.6 Å². The van der Waals surface area contributed by atoms with Crippen molar-refractivity contribution in [3.63, 3.8) is 0 Å². The van der Waals surface area contributed by atoms with Gasteiger partial charge in [-0.2, -0.15) is 4.31 Å². The molecule has 0 radical (unpaired) electrons. The van der Waals surface area contributed by atoms with Gasteiger partial charge in [0.2, 0.25) is 21.8 Å². The Hall–Kier alpha value is -3.27. The van der Waals surface area contributed by atoms with E-state index in [0.717, 1.165) is 9.87 Å². The molecule has 0 aliphatic heterocycles. The molecular formula is C29H33ClFN3O4S. The maximum atomic E-state index is 13.8. The van der Waals surface area contributed by atoms with E-state index in [0.29, 0.717) is 17.0 Å². The zero-order chi connectivity index (χ0) is 28.6. The number of halogens is 2. The van der Waals surface area contributed by atoms with Crippen LogP contribution in [0.4, 0.5) is 4.39 Å². The predicted molar refractivity (Wildman–Crippen MR) is 150 cm³/mol. The van der Waals surface area contributed by atoms with Gasteiger partial charge in [-0.25, -0.2) is 12.8 Å². The summed E-state index contributed by atoms with van der Waals surface area (Å²) in [5.41, 5.74) is 1.43. The van der Waals surface area contributed by atoms with Crippen molar-refractivity contribution in [3.8, 4) is 0 Å². The van der Waals surface area contributed by atoms with Crippen molar-refractivity contribution in [2.75, 3.05) is 13.6 Å². The molecule has 3 aromatic rings. The summed E-state index contributed by atoms with van der Waals surface area (Å²) < 4.78 is 40.9. The number of benzene rings is 3. The summed E-state index contributed by atoms with van der Waals surface area (Å²) in [5.74, 6) is -1.35. The number of nitrogens with zero attached hydrogens (tertiary/aromatic N) is 2. The second-order valence-corrected chi connectivity index (χ2v) is 11.9. The number of nitrogens with one attached hydrogen (secondary N) is 1. The van der Waals surface area contributed by atoms with Crippen LogP contribution in [0.15, 0.2) is 83.8 Å². The standard InChI is InChI=1S/C29H33ClFN3O4S/c1-4-21(2)32-29(36)27(18-22-8-6-5-7-9-22)34(19-23-10-14-25(31)15-11-23)28(35)20-33(3)39(37,38)26-16-12-24(30)13-17-26/h5-17,21,27H,4,18-20H2,1-3H3,(H,32,36). The van der Waals surface area contributed by atoms with E-state index in [2.05, 4.69) is 5.32 Å². The number of carbonyl (C=O) groups is 2. The van der Waals surface area contributed by atoms with Crippen LogP contribution in [0, 0.1) is 5.82 Å². The number of hydrogen-bond acceptors (Lipinski definition) is 4. The second kappa shape index (κ2) is 13.7. The zero-order valence-electron chi connectivity index (χ0n) is 22.2. The first-order valence-electron chi connectivity index (χ1n) is 12.6. The largest absolute Gasteiger partial charge is 0.352 e. The van der Waals surface area contributed by atoms with Crippen LogP contribution in [0.2, 0.25) is 5.02 Å². The number of sulfonamides is 1. The van der Waals surface area contributed by atoms with E-state index >= 15 is 0 Å². The first-order valence-corrected chi connectivity index (χ1v) is 14.4. The van der Waals surface area contributed by atoms with Gasteiger partial charge in [0.25, 0.3) is 0 Å². The number of carbonyl (C=O) groups excluding carboxylic acids is 2. The van der Waals surface area contributed by atoms with Crippen molar-refractivity contribution in [1.29, 1.82) is 0 Å². The molecule has 0 fully saturated rings. The maximum absolute atomic E-state index is 13.8. The highest BCUT2D eigenvalue weighted by atomic mass is 35.5. The van der Waals surface area contributed by atoms with Crippen molar-refractivity contribution in [1.82, 2.24) is 14.5 Å². The Bertz CT molecular complexity index is 1350. The molecule has 3 aromatic carbocycles. The van der Waals surface area contributed by atoms with Gasteiger partial charge in [0.15, 0.2) is 0 Å². The smallest absolute Gasteiger partial charge is 0.243 e. The molecule has 2 atom stereocenters. The molecule has 0 aromatic heterocycles. The van der Waals surface area contributed by atoms with E-state index in [9.17, 15) is 22.4 Å². The van der Waals surface area contributed by atoms with E-state index in [1.807, 2.05) is 44.2 Å². The van der Waals surface area contributed by atoms with Crippen LogP contribution < -0.4 is 5.32 Å². The van der Waals surface area contributed by atoms with Crippen LogP contribution in [0.5, 0.6) is 0 Å². The van der Waals surface area contributed by atoms with Gasteiger partial charge in [-0.05, 0) is 60.9 Å². The summed E-state index contributed by atoms with van der Waals surface area (Å²) >= 11 is 5.90. The highest BCUT2D eigenvalue weighted by Crippen LogP contribution is 2.20. The molecule has 2 amide bonds. The number of hydrogen-bond donors (Lipinski definition) is 1. The highest BCUT2D eigenvalue weighted by Gasteiger charge is 2.33. The van der Waals surface area contributed by atoms with Gasteiger partial charge in [0.05, 0.1) is 11.4 Å². The van der Waals surface area contributed by atoms with Crippen molar-refractivity contribution >= 4 is 33.4 Å². The van der Waals surface area contributed by atoms with E-state index in [1.165, 1.54) is 60.5 Å². The van der Waals surface area contributed by atoms with Crippen LogP contribution in [0.1, 0.15) is 31.4 Å². The molecule has 0 aliphatic rings. The van der Waals surface area contributed by atoms with E-state index in [-0.39, 0.29) is 29.8 Å². The quantitative estimate of drug-likeness (QED) is 0.342. The molecule has 0 bridgehead atoms. The van der Waals surface area contributed by atoms with Crippen LogP contribution in [-0.4, -0.2) is 55.1 Å². The summed E-state index contributed by atoms with van der Waals surface area (Å²) in [5, 5.41) is 3.34. The van der Waals surface area contributed by atoms with Gasteiger partial charge in [0, 0.05) is 31.1 Å². The first-order chi connectivity index (χ1) is 18.5. The SMILES string of the molecule is CCC(C)NC(=O)C(Cc1ccccc1)N(Cc1ccc(F)cc1)C(=O)CN(C)S(=O)(=O)c1ccc(Cl)cc1. The molecule has 39 heavy (non-hydrogen) atoms. The van der Waals surface area contributed by atoms with Crippen LogP contribution in [-0.2, 0) is 32.6 Å². The zero-order valence-corrected chi connectivity index (χ0v) is 23.8. The molecule has 1 N–H and O–H groups in total. The van der Waals surface area contributed by atoms with Gasteiger partial charge in [-0.15, -0.1) is 0 Å². The maximum Gasteiger partial charge on any atom is 0.243 e. The minimum atomic E-state index is -4.01. The highest BCUT2D eigenvalue weighted by molar-refractivity contribution is 7.89. The molecular weight excluding hydrogens is 541 g/mol. The summed E-state index contributed by atoms with van der Waals surface area (Å²) in [6, 6.07) is 19.5. The van der Waals surface area contributed by atoms with Gasteiger partial charge in [-0.1, -0.05) is 61.0 Å². The Kier molecular flexibility index (Phi) is 10.6. The first kappa shape index (κ1) is 30.3. The predicted octanol–water partition coefficient (Wildman–Crippen LogP) is 4.65. The summed E-state index contributed by atoms with van der Waals surface area (Å²) in [7, 11) is -2.70. The molecule has 0 heterocycles. The monoisotopic (exact) mass is 573 g/mol. The lowest BCUT2D eigenvalue weighted by molar-refractivity contribution is -0.141. The molecule has 2 unspecified atom stereocenters. The van der Waals surface area contributed by atoms with Gasteiger partial charge >= 0.3 is 0 Å². The number of rotatable bonds is 12. The minimum absolute atomic E-state index is 0.0115. The van der Waals surface area contributed by atoms with Crippen LogP contribution >= 0.6 is 11.6 Å². The molecule has 0 spiro atoms. The summed E-state index contributed by atoms with van der Waals surface area (Å²) in [4.78, 5) is 28.7. The van der Waals surface area contributed by atoms with Crippen LogP contribution in [0.25, 0.3) is 0 Å². The fraction of sp³-hybridized carbons (Fsp3) is 0.310. The lowest BCUT2D eigenvalue weighted by atomic mass is 10.0. The lowest BCUT2D eigenvalue weighted by Crippen LogP contribution is -2.54. The fourth-order valence-corrected chi connectivity index (χ4v) is 5.18. The lowest BCUT2D eigenvalue weighted by Gasteiger charge is -2.33. The summed E-state index contributed by atoms with van der Waals surface area (Å²) in [6.07, 6.45) is 0.904. The molecule has 0 saturated heterocycles. The van der Waals surface area contributed by atoms with Crippen molar-refractivity contribution in [2.45, 2.75) is 50.2 Å². The molecule has 0 saturated carbocycles. The van der Waals surface area contributed by atoms with E-state index < -0.39 is 34.3 Å². The fourth-order valence-electron chi connectivity index (χ4n) is 3.93. The average molecular weight is 574 g/mol. The Labute approximate surface area is 234 Å². The average Bonchev–Trinajstić information content (AvgIpc) is 2.92. The molecule has 208 valence electrons. The van der Waals surface area contributed by atoms with Crippen molar-refractivity contribution in [2.24, 2.45) is 0 Å². The van der Waals surface area contributed by atoms with Crippen LogP contribution in [0.3, 0.4) is 0 Å². The third kappa shape index (κ3) is 8.36. The summed E-state index contributed by atoms with van der Waals surface area (Å²) in [6.45, 7) is 3.29. The number of amides is 2. The topological polar surface area (TPSA) is 86.8 Å². The Morgan fingerprint density at radius 2 is 1.56 bits per heavy atom. The van der Waals surface area contributed by atoms with E-state index in [1.54, 1.807) is 0 Å². The Balaban J connectivity index is 1.97. The third-order valence-electron chi connectivity index (χ3n) is 6.42. The second-order valence-electron chi connectivity index (χ2n) is 9.39. The molecule has 7 nitrogen and oxygen atoms in total. The Morgan fingerprint density at radius 1 is 0.949 bits per heavy atom. The minimum Gasteiger partial charge on any atom is -0.352 e. The van der Waals surface area contributed by atoms with Crippen molar-refractivity contribution in [3.05, 3.63) is 101 Å². The van der Waals surface area contributed by atoms with Crippen molar-refractivity contribution < 1.29 is 22.4 Å². The molecule has 3 rings (SSSR count). The normalized spacial score (nSPS) is 13.1. The molecule has 10 heteroatoms.